The molecule has 5 heteroatoms. The van der Waals surface area contributed by atoms with Crippen molar-refractivity contribution in [2.24, 2.45) is 5.41 Å². The highest BCUT2D eigenvalue weighted by Gasteiger charge is 2.63. The van der Waals surface area contributed by atoms with Crippen LogP contribution in [-0.2, 0) is 1.43 Å². The minimum Gasteiger partial charge on any atom is -0.291 e. The summed E-state index contributed by atoms with van der Waals surface area (Å²) in [6.45, 7) is 0. The Hall–Kier alpha value is -0.670. The molecule has 16 heavy (non-hydrogen) atoms. The molecule has 0 fully saturated rings. The van der Waals surface area contributed by atoms with Crippen molar-refractivity contribution in [1.82, 2.24) is 0 Å². The quantitative estimate of drug-likeness (QED) is 0.466. The zero-order valence-corrected chi connectivity index (χ0v) is 12.2. The molecule has 0 aliphatic heterocycles. The van der Waals surface area contributed by atoms with E-state index in [4.69, 9.17) is 0 Å². The number of carbonyl (C=O) groups excluding carboxylic acids is 1. The Morgan fingerprint density at radius 3 is 2.19 bits per heavy atom. The summed E-state index contributed by atoms with van der Waals surface area (Å²) in [7, 11) is 0. The lowest BCUT2D eigenvalue weighted by molar-refractivity contribution is 0.0923. The van der Waals surface area contributed by atoms with Gasteiger partial charge in [0.15, 0.2) is 5.78 Å². The summed E-state index contributed by atoms with van der Waals surface area (Å²) in [5.41, 5.74) is -0.378. The van der Waals surface area contributed by atoms with Crippen molar-refractivity contribution in [3.05, 3.63) is 35.4 Å². The smallest absolute Gasteiger partial charge is 0.233 e. The number of hydrogen-bond acceptors (Lipinski definition) is 3. The highest BCUT2D eigenvalue weighted by atomic mass is 127. The lowest BCUT2D eigenvalue weighted by Gasteiger charge is -2.24. The molecule has 3 nitrogen and oxygen atoms in total. The zero-order chi connectivity index (χ0) is 12.0. The van der Waals surface area contributed by atoms with Crippen LogP contribution >= 0.6 is 45.2 Å². The van der Waals surface area contributed by atoms with Crippen LogP contribution in [0.5, 0.6) is 0 Å². The number of ketones is 1. The molecular weight excluding hydrogens is 430 g/mol. The van der Waals surface area contributed by atoms with Crippen molar-refractivity contribution in [2.75, 3.05) is 0 Å². The lowest BCUT2D eigenvalue weighted by Crippen LogP contribution is -2.34. The number of rotatable bonds is 0. The van der Waals surface area contributed by atoms with Crippen LogP contribution in [0.25, 0.3) is 0 Å². The molecule has 1 aliphatic rings. The Balaban J connectivity index is 2.83. The third kappa shape index (κ3) is 1.19. The molecule has 0 heterocycles. The molecule has 0 atom stereocenters. The van der Waals surface area contributed by atoms with Crippen molar-refractivity contribution in [2.45, 2.75) is 1.43 Å². The van der Waals surface area contributed by atoms with E-state index in [0.717, 1.165) is 5.56 Å². The van der Waals surface area contributed by atoms with Crippen LogP contribution in [0, 0.1) is 28.1 Å². The second-order valence-corrected chi connectivity index (χ2v) is 8.72. The maximum Gasteiger partial charge on any atom is 0.233 e. The molecule has 1 aromatic rings. The van der Waals surface area contributed by atoms with Crippen molar-refractivity contribution in [1.29, 1.82) is 10.5 Å². The van der Waals surface area contributed by atoms with Gasteiger partial charge in [0, 0.05) is 5.56 Å². The van der Waals surface area contributed by atoms with Crippen LogP contribution in [0.2, 0.25) is 0 Å². The summed E-state index contributed by atoms with van der Waals surface area (Å²) in [5, 5.41) is 18.4. The molecule has 0 saturated carbocycles. The topological polar surface area (TPSA) is 64.7 Å². The average molecular weight is 434 g/mol. The molecule has 78 valence electrons. The van der Waals surface area contributed by atoms with E-state index in [-0.39, 0.29) is 0 Å². The number of carbonyl (C=O) groups is 1. The van der Waals surface area contributed by atoms with Crippen LogP contribution < -0.4 is 0 Å². The van der Waals surface area contributed by atoms with E-state index >= 15 is 0 Å². The normalized spacial score (nSPS) is 19.6. The van der Waals surface area contributed by atoms with Crippen LogP contribution in [0.15, 0.2) is 24.3 Å². The van der Waals surface area contributed by atoms with Gasteiger partial charge in [-0.1, -0.05) is 69.4 Å². The Labute approximate surface area is 120 Å². The van der Waals surface area contributed by atoms with Gasteiger partial charge >= 0.3 is 0 Å². The van der Waals surface area contributed by atoms with Gasteiger partial charge < -0.3 is 0 Å². The molecular formula is C11H4I2N2O. The van der Waals surface area contributed by atoms with E-state index < -0.39 is 12.6 Å². The Morgan fingerprint density at radius 2 is 1.69 bits per heavy atom. The summed E-state index contributed by atoms with van der Waals surface area (Å²) in [5.74, 6) is -0.392. The van der Waals surface area contributed by atoms with E-state index in [9.17, 15) is 15.3 Å². The number of halogens is 2. The van der Waals surface area contributed by atoms with E-state index in [1.807, 2.05) is 63.4 Å². The fourth-order valence-electron chi connectivity index (χ4n) is 1.77. The highest BCUT2D eigenvalue weighted by molar-refractivity contribution is 14.2. The minimum atomic E-state index is -1.61. The van der Waals surface area contributed by atoms with Crippen LogP contribution in [-0.4, -0.2) is 5.78 Å². The number of nitriles is 2. The first-order chi connectivity index (χ1) is 7.51. The van der Waals surface area contributed by atoms with Crippen LogP contribution in [0.3, 0.4) is 0 Å². The second kappa shape index (κ2) is 3.67. The summed E-state index contributed by atoms with van der Waals surface area (Å²) in [6, 6.07) is 10.8. The number of hydrogen-bond donors (Lipinski definition) is 0. The van der Waals surface area contributed by atoms with Crippen molar-refractivity contribution in [3.8, 4) is 12.1 Å². The van der Waals surface area contributed by atoms with Gasteiger partial charge in [-0.3, -0.25) is 4.79 Å². The molecule has 0 bridgehead atoms. The first-order valence-electron chi connectivity index (χ1n) is 4.36. The van der Waals surface area contributed by atoms with Gasteiger partial charge in [-0.15, -0.1) is 0 Å². The van der Waals surface area contributed by atoms with Gasteiger partial charge in [-0.05, 0) is 5.56 Å². The van der Waals surface area contributed by atoms with E-state index in [2.05, 4.69) is 0 Å². The van der Waals surface area contributed by atoms with Gasteiger partial charge in [0.05, 0.1) is 12.1 Å². The predicted octanol–water partition coefficient (Wildman–Crippen LogP) is 2.94. The molecule has 2 rings (SSSR count). The standard InChI is InChI=1S/C11H4I2N2O/c12-11(13)8-4-2-1-3-7(8)9(16)10(11,5-14)6-15/h1-4H. The highest BCUT2D eigenvalue weighted by Crippen LogP contribution is 2.59. The van der Waals surface area contributed by atoms with Crippen molar-refractivity contribution < 1.29 is 4.79 Å². The van der Waals surface area contributed by atoms with Crippen LogP contribution in [0.1, 0.15) is 15.9 Å². The molecule has 0 unspecified atom stereocenters. The second-order valence-electron chi connectivity index (χ2n) is 3.42. The first kappa shape index (κ1) is 11.8. The maximum absolute atomic E-state index is 12.1. The van der Waals surface area contributed by atoms with Crippen molar-refractivity contribution >= 4 is 51.0 Å². The third-order valence-electron chi connectivity index (χ3n) is 2.66. The Morgan fingerprint density at radius 1 is 1.12 bits per heavy atom. The number of alkyl halides is 2. The largest absolute Gasteiger partial charge is 0.291 e. The predicted molar refractivity (Wildman–Crippen MR) is 74.1 cm³/mol. The summed E-state index contributed by atoms with van der Waals surface area (Å²) in [4.78, 5) is 12.1. The minimum absolute atomic E-state index is 0.392. The molecule has 0 spiro atoms. The molecule has 1 aliphatic carbocycles. The maximum atomic E-state index is 12.1. The van der Waals surface area contributed by atoms with E-state index in [0.29, 0.717) is 5.56 Å². The zero-order valence-electron chi connectivity index (χ0n) is 7.87. The number of fused-ring (bicyclic) bond motifs is 1. The fourth-order valence-corrected chi connectivity index (χ4v) is 3.68. The Bertz CT molecular complexity index is 552. The Kier molecular flexibility index (Phi) is 2.71. The molecule has 0 radical (unpaired) electrons. The summed E-state index contributed by atoms with van der Waals surface area (Å²) < 4.78 is -0.820. The number of Topliss-reactive ketones (excluding diaryl/α,β-unsaturated/α-hetero) is 1. The van der Waals surface area contributed by atoms with Gasteiger partial charge in [0.25, 0.3) is 0 Å². The van der Waals surface area contributed by atoms with E-state index in [1.165, 1.54) is 0 Å². The number of benzene rings is 1. The molecule has 0 amide bonds. The number of nitrogens with zero attached hydrogens (tertiary/aromatic N) is 2. The summed E-state index contributed by atoms with van der Waals surface area (Å²) >= 11 is 4.02. The molecule has 0 saturated heterocycles. The monoisotopic (exact) mass is 434 g/mol. The van der Waals surface area contributed by atoms with Crippen molar-refractivity contribution in [3.63, 3.8) is 0 Å². The molecule has 0 aromatic heterocycles. The third-order valence-corrected chi connectivity index (χ3v) is 5.44. The van der Waals surface area contributed by atoms with E-state index in [1.54, 1.807) is 18.2 Å². The van der Waals surface area contributed by atoms with Gasteiger partial charge in [0.2, 0.25) is 5.41 Å². The molecule has 1 aromatic carbocycles. The van der Waals surface area contributed by atoms with Crippen LogP contribution in [0.4, 0.5) is 0 Å². The van der Waals surface area contributed by atoms with Gasteiger partial charge in [-0.2, -0.15) is 10.5 Å². The SMILES string of the molecule is N#CC1(C#N)C(=O)c2ccccc2C1(I)I. The van der Waals surface area contributed by atoms with Gasteiger partial charge in [0.1, 0.15) is 1.43 Å². The average Bonchev–Trinajstić information content (AvgIpc) is 2.46. The lowest BCUT2D eigenvalue weighted by atomic mass is 9.87. The first-order valence-corrected chi connectivity index (χ1v) is 6.51. The fraction of sp³-hybridized carbons (Fsp3) is 0.182. The summed E-state index contributed by atoms with van der Waals surface area (Å²) in [6.07, 6.45) is 0. The van der Waals surface area contributed by atoms with Gasteiger partial charge in [-0.25, -0.2) is 0 Å². The molecule has 0 N–H and O–H groups in total.